The Hall–Kier alpha value is -3.09. The summed E-state index contributed by atoms with van der Waals surface area (Å²) in [4.78, 5) is 40.6. The van der Waals surface area contributed by atoms with E-state index in [1.165, 1.54) is 23.9 Å². The maximum Gasteiger partial charge on any atom is 0.420 e. The fraction of sp³-hybridized carbons (Fsp3) is 0.516. The van der Waals surface area contributed by atoms with Crippen molar-refractivity contribution in [1.82, 2.24) is 4.90 Å². The second-order valence-electron chi connectivity index (χ2n) is 11.8. The molecule has 1 atom stereocenters. The summed E-state index contributed by atoms with van der Waals surface area (Å²) >= 11 is 1.42. The zero-order valence-corrected chi connectivity index (χ0v) is 27.6. The maximum atomic E-state index is 13.3. The average molecular weight is 638 g/mol. The minimum absolute atomic E-state index is 0.0193. The van der Waals surface area contributed by atoms with Crippen LogP contribution in [0.2, 0.25) is 0 Å². The first-order valence-electron chi connectivity index (χ1n) is 14.0. The highest BCUT2D eigenvalue weighted by atomic mass is 32.2. The number of esters is 1. The minimum atomic E-state index is -3.86. The summed E-state index contributed by atoms with van der Waals surface area (Å²) < 4.78 is 46.4. The standard InChI is InChI=1S/C31H43NO9S2/c1-23-14-16-25(17-15-23)43(36,37)39-19-11-20-42-21-18-26(27(33)40-30(2,3)4)32(29(35)41-31(5,6)7)28(34)38-22-24-12-9-8-10-13-24/h8-10,12-17,26H,11,18-22H2,1-7H3/t26-/m0/s1. The smallest absolute Gasteiger partial charge is 0.420 e. The van der Waals surface area contributed by atoms with Crippen molar-refractivity contribution in [2.24, 2.45) is 0 Å². The van der Waals surface area contributed by atoms with Gasteiger partial charge in [-0.2, -0.15) is 25.1 Å². The molecule has 0 unspecified atom stereocenters. The van der Waals surface area contributed by atoms with Crippen LogP contribution in [0, 0.1) is 6.92 Å². The molecule has 2 aromatic carbocycles. The number of imide groups is 1. The number of thioether (sulfide) groups is 1. The van der Waals surface area contributed by atoms with Gasteiger partial charge in [-0.3, -0.25) is 4.18 Å². The van der Waals surface area contributed by atoms with Crippen molar-refractivity contribution in [2.45, 2.75) is 90.1 Å². The van der Waals surface area contributed by atoms with Gasteiger partial charge in [0.1, 0.15) is 23.9 Å². The third kappa shape index (κ3) is 13.4. The lowest BCUT2D eigenvalue weighted by Crippen LogP contribution is -2.52. The van der Waals surface area contributed by atoms with Crippen LogP contribution >= 0.6 is 11.8 Å². The monoisotopic (exact) mass is 637 g/mol. The van der Waals surface area contributed by atoms with Crippen LogP contribution in [-0.4, -0.2) is 66.8 Å². The molecule has 2 aromatic rings. The van der Waals surface area contributed by atoms with Gasteiger partial charge < -0.3 is 14.2 Å². The summed E-state index contributed by atoms with van der Waals surface area (Å²) in [5, 5.41) is 0. The normalized spacial score (nSPS) is 12.7. The van der Waals surface area contributed by atoms with E-state index < -0.39 is 45.5 Å². The molecule has 0 radical (unpaired) electrons. The van der Waals surface area contributed by atoms with Crippen molar-refractivity contribution in [2.75, 3.05) is 18.1 Å². The highest BCUT2D eigenvalue weighted by Gasteiger charge is 2.40. The number of aryl methyl sites for hydroxylation is 1. The Morgan fingerprint density at radius 2 is 1.44 bits per heavy atom. The fourth-order valence-corrected chi connectivity index (χ4v) is 5.41. The Bertz CT molecular complexity index is 1300. The van der Waals surface area contributed by atoms with Gasteiger partial charge in [0.2, 0.25) is 0 Å². The number of amides is 2. The predicted molar refractivity (Wildman–Crippen MR) is 165 cm³/mol. The van der Waals surface area contributed by atoms with E-state index in [1.807, 2.05) is 13.0 Å². The average Bonchev–Trinajstić information content (AvgIpc) is 2.89. The lowest BCUT2D eigenvalue weighted by atomic mass is 10.1. The highest BCUT2D eigenvalue weighted by molar-refractivity contribution is 7.99. The number of carbonyl (C=O) groups is 3. The summed E-state index contributed by atoms with van der Waals surface area (Å²) in [6.07, 6.45) is -1.58. The second kappa shape index (κ2) is 16.1. The zero-order valence-electron chi connectivity index (χ0n) is 26.0. The van der Waals surface area contributed by atoms with Crippen LogP contribution in [0.25, 0.3) is 0 Å². The number of nitrogens with zero attached hydrogens (tertiary/aromatic N) is 1. The topological polar surface area (TPSA) is 126 Å². The van der Waals surface area contributed by atoms with Crippen LogP contribution in [0.3, 0.4) is 0 Å². The number of hydrogen-bond acceptors (Lipinski definition) is 10. The quantitative estimate of drug-likeness (QED) is 0.104. The third-order valence-corrected chi connectivity index (χ3v) is 7.93. The molecule has 0 aliphatic rings. The van der Waals surface area contributed by atoms with E-state index in [0.717, 1.165) is 5.56 Å². The van der Waals surface area contributed by atoms with Gasteiger partial charge in [-0.1, -0.05) is 48.0 Å². The van der Waals surface area contributed by atoms with Gasteiger partial charge in [0, 0.05) is 0 Å². The van der Waals surface area contributed by atoms with Gasteiger partial charge in [-0.25, -0.2) is 14.4 Å². The van der Waals surface area contributed by atoms with E-state index in [9.17, 15) is 22.8 Å². The van der Waals surface area contributed by atoms with Crippen molar-refractivity contribution >= 4 is 40.0 Å². The Balaban J connectivity index is 2.08. The maximum absolute atomic E-state index is 13.3. The van der Waals surface area contributed by atoms with Crippen molar-refractivity contribution < 1.29 is 41.2 Å². The molecule has 0 saturated carbocycles. The Labute approximate surface area is 259 Å². The van der Waals surface area contributed by atoms with Gasteiger partial charge in [0.05, 0.1) is 11.5 Å². The van der Waals surface area contributed by atoms with Crippen molar-refractivity contribution in [3.63, 3.8) is 0 Å². The molecule has 0 N–H and O–H groups in total. The molecule has 0 aliphatic heterocycles. The van der Waals surface area contributed by atoms with Crippen molar-refractivity contribution in [3.05, 3.63) is 65.7 Å². The summed E-state index contributed by atoms with van der Waals surface area (Å²) in [6, 6.07) is 14.0. The largest absolute Gasteiger partial charge is 0.458 e. The molecule has 0 aliphatic carbocycles. The van der Waals surface area contributed by atoms with E-state index >= 15 is 0 Å². The van der Waals surface area contributed by atoms with Gasteiger partial charge >= 0.3 is 18.2 Å². The molecule has 10 nitrogen and oxygen atoms in total. The minimum Gasteiger partial charge on any atom is -0.458 e. The van der Waals surface area contributed by atoms with E-state index in [4.69, 9.17) is 18.4 Å². The van der Waals surface area contributed by atoms with Gasteiger partial charge in [-0.05, 0) is 90.5 Å². The van der Waals surface area contributed by atoms with E-state index in [0.29, 0.717) is 28.4 Å². The summed E-state index contributed by atoms with van der Waals surface area (Å²) in [7, 11) is -3.86. The Morgan fingerprint density at radius 1 is 0.837 bits per heavy atom. The van der Waals surface area contributed by atoms with Crippen molar-refractivity contribution in [3.8, 4) is 0 Å². The molecule has 2 rings (SSSR count). The summed E-state index contributed by atoms with van der Waals surface area (Å²) in [5.41, 5.74) is -0.178. The number of rotatable bonds is 13. The number of benzene rings is 2. The van der Waals surface area contributed by atoms with Crippen molar-refractivity contribution in [1.29, 1.82) is 0 Å². The molecule has 12 heteroatoms. The van der Waals surface area contributed by atoms with Gasteiger partial charge in [-0.15, -0.1) is 0 Å². The molecule has 0 saturated heterocycles. The lowest BCUT2D eigenvalue weighted by Gasteiger charge is -2.32. The molecule has 0 spiro atoms. The molecule has 0 fully saturated rings. The third-order valence-electron chi connectivity index (χ3n) is 5.50. The highest BCUT2D eigenvalue weighted by Crippen LogP contribution is 2.22. The fourth-order valence-electron chi connectivity index (χ4n) is 3.55. The molecule has 238 valence electrons. The predicted octanol–water partition coefficient (Wildman–Crippen LogP) is 6.50. The molecule has 43 heavy (non-hydrogen) atoms. The van der Waals surface area contributed by atoms with Crippen LogP contribution in [0.1, 0.15) is 65.5 Å². The van der Waals surface area contributed by atoms with E-state index in [2.05, 4.69) is 0 Å². The number of carbonyl (C=O) groups excluding carboxylic acids is 3. The van der Waals surface area contributed by atoms with Gasteiger partial charge in [0.25, 0.3) is 10.1 Å². The van der Waals surface area contributed by atoms with E-state index in [-0.39, 0.29) is 24.5 Å². The van der Waals surface area contributed by atoms with Crippen LogP contribution in [0.5, 0.6) is 0 Å². The number of hydrogen-bond donors (Lipinski definition) is 0. The summed E-state index contributed by atoms with van der Waals surface area (Å²) in [5.74, 6) is 0.0815. The molecular formula is C31H43NO9S2. The molecular weight excluding hydrogens is 594 g/mol. The van der Waals surface area contributed by atoms with Crippen LogP contribution < -0.4 is 0 Å². The first kappa shape index (κ1) is 36.1. The van der Waals surface area contributed by atoms with E-state index in [1.54, 1.807) is 77.9 Å². The molecule has 0 aromatic heterocycles. The first-order chi connectivity index (χ1) is 20.0. The SMILES string of the molecule is Cc1ccc(S(=O)(=O)OCCCSCC[C@@H](C(=O)OC(C)(C)C)N(C(=O)OCc2ccccc2)C(=O)OC(C)(C)C)cc1. The Morgan fingerprint density at radius 3 is 2.02 bits per heavy atom. The number of ether oxygens (including phenoxy) is 3. The second-order valence-corrected chi connectivity index (χ2v) is 14.6. The lowest BCUT2D eigenvalue weighted by molar-refractivity contribution is -0.160. The van der Waals surface area contributed by atoms with Crippen LogP contribution in [-0.2, 0) is 39.9 Å². The molecule has 0 bridgehead atoms. The Kier molecular flexibility index (Phi) is 13.5. The summed E-state index contributed by atoms with van der Waals surface area (Å²) in [6.45, 7) is 11.7. The van der Waals surface area contributed by atoms with Crippen LogP contribution in [0.4, 0.5) is 9.59 Å². The first-order valence-corrected chi connectivity index (χ1v) is 16.5. The molecule has 0 heterocycles. The zero-order chi connectivity index (χ0) is 32.3. The molecule has 2 amide bonds. The van der Waals surface area contributed by atoms with Crippen LogP contribution in [0.15, 0.2) is 59.5 Å². The van der Waals surface area contributed by atoms with Gasteiger partial charge in [0.15, 0.2) is 0 Å².